The van der Waals surface area contributed by atoms with E-state index in [1.54, 1.807) is 27.2 Å². The number of carbonyl (C=O) groups is 2. The number of fused-ring (bicyclic) bond motifs is 5. The Morgan fingerprint density at radius 2 is 1.15 bits per heavy atom. The summed E-state index contributed by atoms with van der Waals surface area (Å²) in [6.45, 7) is 9.45. The molecule has 0 radical (unpaired) electrons. The van der Waals surface area contributed by atoms with E-state index in [-0.39, 0.29) is 44.0 Å². The van der Waals surface area contributed by atoms with Gasteiger partial charge in [-0.1, -0.05) is 55.8 Å². The van der Waals surface area contributed by atoms with Gasteiger partial charge < -0.3 is 112 Å². The van der Waals surface area contributed by atoms with Gasteiger partial charge in [0.05, 0.1) is 55.9 Å². The summed E-state index contributed by atoms with van der Waals surface area (Å²) < 4.78 is 86.9. The van der Waals surface area contributed by atoms with E-state index in [0.29, 0.717) is 32.1 Å². The van der Waals surface area contributed by atoms with Crippen LogP contribution in [0.2, 0.25) is 0 Å². The topological polar surface area (TPSA) is 345 Å². The molecule has 10 rings (SSSR count). The van der Waals surface area contributed by atoms with Crippen LogP contribution in [0.5, 0.6) is 0 Å². The van der Waals surface area contributed by atoms with Gasteiger partial charge in [-0.2, -0.15) is 0 Å². The maximum atomic E-state index is 13.6. The number of benzene rings is 1. The normalized spacial score (nSPS) is 48.9. The van der Waals surface area contributed by atoms with Gasteiger partial charge in [0.25, 0.3) is 0 Å². The van der Waals surface area contributed by atoms with Crippen molar-refractivity contribution < 1.29 is 122 Å². The molecule has 4 aliphatic carbocycles. The van der Waals surface area contributed by atoms with Crippen LogP contribution in [0.4, 0.5) is 0 Å². The Labute approximate surface area is 513 Å². The van der Waals surface area contributed by atoms with E-state index >= 15 is 0 Å². The third-order valence-corrected chi connectivity index (χ3v) is 21.4. The number of hydrogen-bond donors (Lipinski definition) is 9. The summed E-state index contributed by atoms with van der Waals surface area (Å²) in [6, 6.07) is 9.40. The van der Waals surface area contributed by atoms with Crippen molar-refractivity contribution in [2.75, 3.05) is 34.5 Å². The highest BCUT2D eigenvalue weighted by Crippen LogP contribution is 2.70. The fourth-order valence-corrected chi connectivity index (χ4v) is 16.4. The number of methoxy groups -OCH3 is 3. The Hall–Kier alpha value is -3.04. The molecule has 9 aliphatic rings. The van der Waals surface area contributed by atoms with Crippen molar-refractivity contribution in [1.82, 2.24) is 0 Å². The minimum absolute atomic E-state index is 0.110. The maximum absolute atomic E-state index is 13.6. The van der Waals surface area contributed by atoms with Gasteiger partial charge in [0.2, 0.25) is 0 Å². The molecule has 0 spiro atoms. The molecule has 3 saturated carbocycles. The molecule has 5 saturated heterocycles. The van der Waals surface area contributed by atoms with Gasteiger partial charge in [0.15, 0.2) is 31.5 Å². The number of rotatable bonds is 19. The molecule has 88 heavy (non-hydrogen) atoms. The van der Waals surface area contributed by atoms with Crippen LogP contribution in [-0.4, -0.2) is 251 Å². The van der Waals surface area contributed by atoms with Crippen molar-refractivity contribution in [2.24, 2.45) is 22.7 Å². The van der Waals surface area contributed by atoms with E-state index < -0.39 is 194 Å². The second kappa shape index (κ2) is 27.5. The largest absolute Gasteiger partial charge is 0.458 e. The monoisotopic (exact) mass is 1250 g/mol. The summed E-state index contributed by atoms with van der Waals surface area (Å²) in [5.41, 5.74) is -3.20. The first-order valence-electron chi connectivity index (χ1n) is 31.2. The number of carbonyl (C=O) groups excluding carboxylic acids is 2. The maximum Gasteiger partial charge on any atom is 0.331 e. The van der Waals surface area contributed by atoms with Crippen LogP contribution in [0, 0.1) is 22.7 Å². The summed E-state index contributed by atoms with van der Waals surface area (Å²) in [5, 5.41) is 99.4. The summed E-state index contributed by atoms with van der Waals surface area (Å²) in [5.74, 6) is -1.80. The van der Waals surface area contributed by atoms with Crippen molar-refractivity contribution in [1.29, 1.82) is 0 Å². The lowest BCUT2D eigenvalue weighted by atomic mass is 9.43. The van der Waals surface area contributed by atoms with E-state index in [9.17, 15) is 55.5 Å². The van der Waals surface area contributed by atoms with Crippen LogP contribution >= 0.6 is 0 Å². The summed E-state index contributed by atoms with van der Waals surface area (Å²) in [7, 11) is 4.66. The first kappa shape index (κ1) is 67.8. The molecule has 5 aliphatic heterocycles. The minimum atomic E-state index is -1.82. The molecule has 8 fully saturated rings. The zero-order valence-corrected chi connectivity index (χ0v) is 51.7. The summed E-state index contributed by atoms with van der Waals surface area (Å²) >= 11 is 0. The van der Waals surface area contributed by atoms with Crippen molar-refractivity contribution in [3.05, 3.63) is 53.6 Å². The van der Waals surface area contributed by atoms with Crippen LogP contribution in [-0.2, 0) is 75.9 Å². The zero-order valence-electron chi connectivity index (χ0n) is 51.7. The fourth-order valence-electron chi connectivity index (χ4n) is 16.4. The fraction of sp³-hybridized carbons (Fsp3) is 0.810. The van der Waals surface area contributed by atoms with Crippen LogP contribution in [0.1, 0.15) is 111 Å². The molecule has 1 aromatic rings. The van der Waals surface area contributed by atoms with E-state index in [0.717, 1.165) is 11.1 Å². The van der Waals surface area contributed by atoms with Gasteiger partial charge >= 0.3 is 5.97 Å². The third kappa shape index (κ3) is 12.6. The highest BCUT2D eigenvalue weighted by Gasteiger charge is 2.77. The van der Waals surface area contributed by atoms with Crippen LogP contribution in [0.3, 0.4) is 0 Å². The number of Topliss-reactive ketones (excluding diaryl/α,β-unsaturated/α-hetero) is 1. The number of esters is 1. The Morgan fingerprint density at radius 3 is 1.69 bits per heavy atom. The molecule has 0 aromatic heterocycles. The third-order valence-electron chi connectivity index (χ3n) is 21.4. The molecular formula is C63H94O25. The summed E-state index contributed by atoms with van der Waals surface area (Å²) in [6.07, 6.45) is -16.5. The molecule has 25 heteroatoms. The molecule has 5 heterocycles. The predicted octanol–water partition coefficient (Wildman–Crippen LogP) is 1.23. The number of aliphatic hydroxyl groups is 9. The lowest BCUT2D eigenvalue weighted by Gasteiger charge is -2.66. The lowest BCUT2D eigenvalue weighted by Crippen LogP contribution is -2.75. The van der Waals surface area contributed by atoms with E-state index in [1.165, 1.54) is 20.1 Å². The molecule has 496 valence electrons. The van der Waals surface area contributed by atoms with E-state index in [2.05, 4.69) is 13.0 Å². The average Bonchev–Trinajstić information content (AvgIpc) is 1.30. The number of hydrogen-bond acceptors (Lipinski definition) is 25. The second-order valence-electron chi connectivity index (χ2n) is 26.2. The highest BCUT2D eigenvalue weighted by molar-refractivity contribution is 5.87. The SMILES string of the molecule is CO[C@H]1C[C@H](O[C@H]2CC[C@@]3(C)C(=CC[C@]4(O)[C@@H]3C[C@@H](OC(=O)C=Cc3ccccc3)[C@]3(C)[C@H](C(C)=O)CC[C@@]34O)C2)O[C@H](C)[C@H]1O[C@H]1C[C@H](OC)[C@H](O[C@H]2C[C@@H](OC)[C@H](O[C@@H]3O[C@H](CO)[C@@H](O[C@@H]4O[C@H](CO)[C@@H](O)[C@H](O)[C@H]4O)[C@H](O)[C@H]3O)[C@@H](C)O2)[C@@H](C)O1. The van der Waals surface area contributed by atoms with Crippen LogP contribution < -0.4 is 0 Å². The Morgan fingerprint density at radius 1 is 0.625 bits per heavy atom. The minimum Gasteiger partial charge on any atom is -0.458 e. The van der Waals surface area contributed by atoms with E-state index in [1.807, 2.05) is 51.1 Å². The molecule has 0 amide bonds. The summed E-state index contributed by atoms with van der Waals surface area (Å²) in [4.78, 5) is 26.9. The molecule has 25 nitrogen and oxygen atoms in total. The Bertz CT molecular complexity index is 2580. The van der Waals surface area contributed by atoms with Crippen LogP contribution in [0.15, 0.2) is 48.1 Å². The van der Waals surface area contributed by atoms with Crippen LogP contribution in [0.25, 0.3) is 6.08 Å². The quantitative estimate of drug-likeness (QED) is 0.0534. The molecule has 1 aromatic carbocycles. The highest BCUT2D eigenvalue weighted by atomic mass is 16.8. The van der Waals surface area contributed by atoms with Gasteiger partial charge in [-0.15, -0.1) is 0 Å². The van der Waals surface area contributed by atoms with Crippen molar-refractivity contribution >= 4 is 17.8 Å². The lowest BCUT2D eigenvalue weighted by molar-refractivity contribution is -0.376. The molecular weight excluding hydrogens is 1160 g/mol. The number of ketones is 1. The average molecular weight is 1250 g/mol. The van der Waals surface area contributed by atoms with Crippen molar-refractivity contribution in [3.63, 3.8) is 0 Å². The second-order valence-corrected chi connectivity index (χ2v) is 26.2. The first-order valence-corrected chi connectivity index (χ1v) is 31.2. The standard InChI is InChI=1S/C63H94O25/c1-30(66)37-19-22-63(74)61(37,6)44(84-45(67)16-15-34-13-11-10-12-14-34)27-43-60(5)20-18-36(23-35(60)17-21-62(43,63)73)81-46-24-38(75-7)54(31(2)78-46)85-47-25-39(76-8)55(32(3)79-47)86-48-26-40(77-9)56(33(4)80-48)87-59-53(72)51(70)57(42(29-65)83-59)88-58-52(71)50(69)49(68)41(28-64)82-58/h10-17,31-33,36-44,46-59,64-65,68-74H,18-29H2,1-9H3/t31-,32-,33-,36+,37+,38+,39+,40-,41-,42-,43-,44-,46+,47+,48+,49-,50+,51-,52-,53-,54-,55-,56-,57-,58+,59+,60+,61+,62+,63-/m1/s1. The Balaban J connectivity index is 0.723. The van der Waals surface area contributed by atoms with Gasteiger partial charge in [-0.3, -0.25) is 4.79 Å². The van der Waals surface area contributed by atoms with Crippen molar-refractivity contribution in [3.8, 4) is 0 Å². The van der Waals surface area contributed by atoms with Gasteiger partial charge in [0.1, 0.15) is 90.2 Å². The van der Waals surface area contributed by atoms with Gasteiger partial charge in [-0.25, -0.2) is 4.79 Å². The molecule has 0 bridgehead atoms. The molecule has 9 N–H and O–H groups in total. The number of ether oxygens (including phenoxy) is 14. The van der Waals surface area contributed by atoms with E-state index in [4.69, 9.17) is 66.3 Å². The zero-order chi connectivity index (χ0) is 63.4. The first-order chi connectivity index (χ1) is 41.9. The van der Waals surface area contributed by atoms with Gasteiger partial charge in [0, 0.05) is 63.9 Å². The molecule has 30 atom stereocenters. The smallest absolute Gasteiger partial charge is 0.331 e. The predicted molar refractivity (Wildman–Crippen MR) is 305 cm³/mol. The molecule has 0 unspecified atom stereocenters. The Kier molecular flexibility index (Phi) is 21.2. The van der Waals surface area contributed by atoms with Crippen molar-refractivity contribution in [2.45, 2.75) is 264 Å². The van der Waals surface area contributed by atoms with Gasteiger partial charge in [-0.05, 0) is 89.7 Å². The number of aliphatic hydroxyl groups excluding tert-OH is 7.